The number of aromatic amines is 2. The van der Waals surface area contributed by atoms with Crippen LogP contribution >= 0.6 is 0 Å². The van der Waals surface area contributed by atoms with Crippen molar-refractivity contribution in [3.63, 3.8) is 0 Å². The van der Waals surface area contributed by atoms with Gasteiger partial charge in [-0.15, -0.1) is 0 Å². The zero-order chi connectivity index (χ0) is 20.9. The molecule has 0 saturated carbocycles. The number of nitrogens with one attached hydrogen (secondary N) is 2. The highest BCUT2D eigenvalue weighted by Crippen LogP contribution is 2.30. The van der Waals surface area contributed by atoms with E-state index in [9.17, 15) is 13.2 Å². The van der Waals surface area contributed by atoms with Gasteiger partial charge in [-0.2, -0.15) is 4.31 Å². The van der Waals surface area contributed by atoms with Crippen LogP contribution in [0.15, 0.2) is 64.3 Å². The van der Waals surface area contributed by atoms with E-state index in [1.54, 1.807) is 18.2 Å². The molecule has 2 N–H and O–H groups in total. The van der Waals surface area contributed by atoms with Crippen molar-refractivity contribution < 1.29 is 8.42 Å². The summed E-state index contributed by atoms with van der Waals surface area (Å²) in [6.07, 6.45) is 0. The van der Waals surface area contributed by atoms with E-state index in [-0.39, 0.29) is 10.5 Å². The fourth-order valence-electron chi connectivity index (χ4n) is 4.01. The number of fused-ring (bicyclic) bond motifs is 2. The van der Waals surface area contributed by atoms with E-state index in [1.807, 2.05) is 43.4 Å². The molecule has 2 aromatic carbocycles. The molecule has 0 atom stereocenters. The first-order chi connectivity index (χ1) is 14.4. The molecule has 7 nitrogen and oxygen atoms in total. The van der Waals surface area contributed by atoms with Gasteiger partial charge in [0.2, 0.25) is 10.0 Å². The lowest BCUT2D eigenvalue weighted by Gasteiger charge is -2.31. The largest absolute Gasteiger partial charge is 0.354 e. The number of rotatable bonds is 3. The Morgan fingerprint density at radius 1 is 0.867 bits per heavy atom. The lowest BCUT2D eigenvalue weighted by molar-refractivity contribution is 0.222. The Bertz CT molecular complexity index is 1410. The summed E-state index contributed by atoms with van der Waals surface area (Å²) in [5.74, 6) is 0. The van der Waals surface area contributed by atoms with Crippen molar-refractivity contribution in [2.45, 2.75) is 4.90 Å². The van der Waals surface area contributed by atoms with Crippen LogP contribution in [-0.2, 0) is 10.0 Å². The summed E-state index contributed by atoms with van der Waals surface area (Å²) in [6.45, 7) is 2.35. The average molecular weight is 423 g/mol. The third-order valence-electron chi connectivity index (χ3n) is 5.75. The number of piperazine rings is 1. The van der Waals surface area contributed by atoms with Gasteiger partial charge in [-0.25, -0.2) is 8.42 Å². The minimum absolute atomic E-state index is 0.219. The number of H-pyrrole nitrogens is 2. The lowest BCUT2D eigenvalue weighted by atomic mass is 10.1. The van der Waals surface area contributed by atoms with Gasteiger partial charge < -0.3 is 14.9 Å². The highest BCUT2D eigenvalue weighted by molar-refractivity contribution is 7.89. The second kappa shape index (κ2) is 7.09. The molecule has 5 rings (SSSR count). The molecule has 0 spiro atoms. The number of sulfonamides is 1. The molecule has 30 heavy (non-hydrogen) atoms. The SMILES string of the molecule is CN1CCN(S(=O)(=O)c2cccc3[nH]c(-c4cc5ccccc5[nH]c4=O)cc23)CC1. The fourth-order valence-corrected chi connectivity index (χ4v) is 5.63. The maximum atomic E-state index is 13.3. The van der Waals surface area contributed by atoms with E-state index in [1.165, 1.54) is 4.31 Å². The molecule has 1 fully saturated rings. The van der Waals surface area contributed by atoms with Crippen LogP contribution < -0.4 is 5.56 Å². The van der Waals surface area contributed by atoms with Crippen LogP contribution in [0.5, 0.6) is 0 Å². The molecule has 1 saturated heterocycles. The number of nitrogens with zero attached hydrogens (tertiary/aromatic N) is 2. The van der Waals surface area contributed by atoms with Crippen molar-refractivity contribution in [3.8, 4) is 11.3 Å². The zero-order valence-electron chi connectivity index (χ0n) is 16.6. The first-order valence-electron chi connectivity index (χ1n) is 9.86. The Labute approximate surface area is 174 Å². The van der Waals surface area contributed by atoms with Gasteiger partial charge in [0, 0.05) is 42.6 Å². The zero-order valence-corrected chi connectivity index (χ0v) is 17.4. The van der Waals surface area contributed by atoms with Crippen LogP contribution in [0.25, 0.3) is 33.1 Å². The first kappa shape index (κ1) is 19.0. The number of aromatic nitrogens is 2. The quantitative estimate of drug-likeness (QED) is 0.531. The minimum atomic E-state index is -3.62. The standard InChI is InChI=1S/C22H22N4O3S/c1-25-9-11-26(12-10-25)30(28,29)21-8-4-7-19-16(21)14-20(23-19)17-13-15-5-2-3-6-18(15)24-22(17)27/h2-8,13-14,23H,9-12H2,1H3,(H,24,27). The summed E-state index contributed by atoms with van der Waals surface area (Å²) in [5, 5.41) is 1.51. The number of likely N-dealkylation sites (N-methyl/N-ethyl adjacent to an activating group) is 1. The third-order valence-corrected chi connectivity index (χ3v) is 7.70. The third kappa shape index (κ3) is 3.13. The molecular weight excluding hydrogens is 400 g/mol. The molecule has 3 heterocycles. The van der Waals surface area contributed by atoms with Crippen LogP contribution in [0.4, 0.5) is 0 Å². The lowest BCUT2D eigenvalue weighted by Crippen LogP contribution is -2.47. The summed E-state index contributed by atoms with van der Waals surface area (Å²) < 4.78 is 28.2. The first-order valence-corrected chi connectivity index (χ1v) is 11.3. The molecule has 0 aliphatic carbocycles. The smallest absolute Gasteiger partial charge is 0.257 e. The highest BCUT2D eigenvalue weighted by Gasteiger charge is 2.29. The molecular formula is C22H22N4O3S. The topological polar surface area (TPSA) is 89.3 Å². The molecule has 2 aromatic heterocycles. The van der Waals surface area contributed by atoms with Crippen LogP contribution in [0, 0.1) is 0 Å². The summed E-state index contributed by atoms with van der Waals surface area (Å²) in [7, 11) is -1.63. The Balaban J connectivity index is 1.63. The van der Waals surface area contributed by atoms with Gasteiger partial charge in [0.05, 0.1) is 16.2 Å². The van der Waals surface area contributed by atoms with Crippen molar-refractivity contribution in [2.75, 3.05) is 33.2 Å². The van der Waals surface area contributed by atoms with E-state index in [0.717, 1.165) is 10.9 Å². The monoisotopic (exact) mass is 422 g/mol. The van der Waals surface area contributed by atoms with Gasteiger partial charge in [-0.1, -0.05) is 24.3 Å². The molecule has 0 unspecified atom stereocenters. The fraction of sp³-hybridized carbons (Fsp3) is 0.227. The van der Waals surface area contributed by atoms with E-state index in [2.05, 4.69) is 14.9 Å². The molecule has 4 aromatic rings. The van der Waals surface area contributed by atoms with E-state index in [0.29, 0.717) is 48.3 Å². The summed E-state index contributed by atoms with van der Waals surface area (Å²) in [5.41, 5.74) is 2.31. The minimum Gasteiger partial charge on any atom is -0.354 e. The average Bonchev–Trinajstić information content (AvgIpc) is 3.17. The Kier molecular flexibility index (Phi) is 4.50. The van der Waals surface area contributed by atoms with Crippen molar-refractivity contribution in [2.24, 2.45) is 0 Å². The molecule has 0 radical (unpaired) electrons. The van der Waals surface area contributed by atoms with Gasteiger partial charge in [-0.05, 0) is 42.8 Å². The number of benzene rings is 2. The number of para-hydroxylation sites is 1. The summed E-state index contributed by atoms with van der Waals surface area (Å²) in [4.78, 5) is 21.2. The Morgan fingerprint density at radius 3 is 2.40 bits per heavy atom. The Morgan fingerprint density at radius 2 is 1.60 bits per heavy atom. The highest BCUT2D eigenvalue weighted by atomic mass is 32.2. The van der Waals surface area contributed by atoms with E-state index >= 15 is 0 Å². The second-order valence-corrected chi connectivity index (χ2v) is 9.61. The number of hydrogen-bond acceptors (Lipinski definition) is 4. The predicted octanol–water partition coefficient (Wildman–Crippen LogP) is 2.61. The van der Waals surface area contributed by atoms with Crippen molar-refractivity contribution >= 4 is 31.8 Å². The maximum Gasteiger partial charge on any atom is 0.257 e. The Hall–Kier alpha value is -2.94. The van der Waals surface area contributed by atoms with Crippen molar-refractivity contribution in [1.82, 2.24) is 19.2 Å². The maximum absolute atomic E-state index is 13.3. The molecule has 0 amide bonds. The number of hydrogen-bond donors (Lipinski definition) is 2. The number of pyridine rings is 1. The van der Waals surface area contributed by atoms with Gasteiger partial charge in [-0.3, -0.25) is 4.79 Å². The summed E-state index contributed by atoms with van der Waals surface area (Å²) >= 11 is 0. The van der Waals surface area contributed by atoms with E-state index < -0.39 is 10.0 Å². The van der Waals surface area contributed by atoms with Crippen LogP contribution in [0.3, 0.4) is 0 Å². The molecule has 1 aliphatic rings. The molecule has 1 aliphatic heterocycles. The van der Waals surface area contributed by atoms with E-state index in [4.69, 9.17) is 0 Å². The van der Waals surface area contributed by atoms with Gasteiger partial charge in [0.25, 0.3) is 5.56 Å². The van der Waals surface area contributed by atoms with Crippen molar-refractivity contribution in [1.29, 1.82) is 0 Å². The van der Waals surface area contributed by atoms with Crippen LogP contribution in [0.1, 0.15) is 0 Å². The van der Waals surface area contributed by atoms with Crippen molar-refractivity contribution in [3.05, 3.63) is 65.0 Å². The van der Waals surface area contributed by atoms with Gasteiger partial charge >= 0.3 is 0 Å². The predicted molar refractivity (Wildman–Crippen MR) is 118 cm³/mol. The van der Waals surface area contributed by atoms with Gasteiger partial charge in [0.1, 0.15) is 0 Å². The molecule has 0 bridgehead atoms. The molecule has 154 valence electrons. The van der Waals surface area contributed by atoms with Crippen LogP contribution in [0.2, 0.25) is 0 Å². The molecule has 8 heteroatoms. The van der Waals surface area contributed by atoms with Gasteiger partial charge in [0.15, 0.2) is 0 Å². The normalized spacial score (nSPS) is 16.4. The summed E-state index contributed by atoms with van der Waals surface area (Å²) in [6, 6.07) is 16.4. The van der Waals surface area contributed by atoms with Crippen LogP contribution in [-0.4, -0.2) is 60.8 Å². The second-order valence-electron chi connectivity index (χ2n) is 7.71.